The van der Waals surface area contributed by atoms with E-state index in [1.165, 1.54) is 32.4 Å². The molecule has 1 rings (SSSR count). The first-order chi connectivity index (χ1) is 8.73. The average Bonchev–Trinajstić information content (AvgIpc) is 2.46. The highest BCUT2D eigenvalue weighted by molar-refractivity contribution is 5.73. The van der Waals surface area contributed by atoms with Gasteiger partial charge in [-0.25, -0.2) is 0 Å². The number of likely N-dealkylation sites (tertiary alicyclic amines) is 1. The first kappa shape index (κ1) is 16.5. The molecule has 3 heteroatoms. The predicted octanol–water partition coefficient (Wildman–Crippen LogP) is 3.78. The molecule has 0 bridgehead atoms. The van der Waals surface area contributed by atoms with E-state index in [-0.39, 0.29) is 0 Å². The number of carboxylic acid groups (broad SMARTS) is 1. The van der Waals surface area contributed by atoms with Crippen LogP contribution in [-0.4, -0.2) is 35.6 Å². The maximum absolute atomic E-state index is 11.0. The first-order valence-corrected chi connectivity index (χ1v) is 7.69. The summed E-state index contributed by atoms with van der Waals surface area (Å²) in [6, 6.07) is 0. The Kier molecular flexibility index (Phi) is 5.84. The van der Waals surface area contributed by atoms with Crippen LogP contribution in [0.1, 0.15) is 66.2 Å². The van der Waals surface area contributed by atoms with Crippen molar-refractivity contribution >= 4 is 5.97 Å². The zero-order chi connectivity index (χ0) is 14.5. The van der Waals surface area contributed by atoms with Crippen molar-refractivity contribution in [2.24, 2.45) is 10.8 Å². The van der Waals surface area contributed by atoms with Crippen LogP contribution in [0.5, 0.6) is 0 Å². The van der Waals surface area contributed by atoms with Gasteiger partial charge >= 0.3 is 5.97 Å². The Bertz CT molecular complexity index is 297. The van der Waals surface area contributed by atoms with Gasteiger partial charge in [0.25, 0.3) is 0 Å². The molecule has 1 N–H and O–H groups in total. The summed E-state index contributed by atoms with van der Waals surface area (Å²) in [5, 5.41) is 9.07. The van der Waals surface area contributed by atoms with Crippen molar-refractivity contribution in [1.29, 1.82) is 0 Å². The quantitative estimate of drug-likeness (QED) is 0.746. The molecule has 0 amide bonds. The molecule has 0 aromatic carbocycles. The molecule has 112 valence electrons. The minimum absolute atomic E-state index is 0.500. The lowest BCUT2D eigenvalue weighted by molar-refractivity contribution is -0.147. The third-order valence-electron chi connectivity index (χ3n) is 4.54. The number of hydrogen-bond acceptors (Lipinski definition) is 2. The van der Waals surface area contributed by atoms with Crippen molar-refractivity contribution in [3.63, 3.8) is 0 Å². The van der Waals surface area contributed by atoms with E-state index in [1.54, 1.807) is 0 Å². The zero-order valence-electron chi connectivity index (χ0n) is 13.2. The molecule has 3 nitrogen and oxygen atoms in total. The monoisotopic (exact) mass is 269 g/mol. The summed E-state index contributed by atoms with van der Waals surface area (Å²) in [5.74, 6) is -0.677. The summed E-state index contributed by atoms with van der Waals surface area (Å²) in [6.45, 7) is 11.9. The molecule has 0 spiro atoms. The highest BCUT2D eigenvalue weighted by Crippen LogP contribution is 2.30. The summed E-state index contributed by atoms with van der Waals surface area (Å²) in [7, 11) is 0. The smallest absolute Gasteiger partial charge is 0.309 e. The molecule has 0 atom stereocenters. The molecule has 0 aromatic rings. The predicted molar refractivity (Wildman–Crippen MR) is 79.3 cm³/mol. The van der Waals surface area contributed by atoms with Gasteiger partial charge in [-0.2, -0.15) is 0 Å². The van der Waals surface area contributed by atoms with Crippen LogP contribution < -0.4 is 0 Å². The number of unbranched alkanes of at least 4 members (excludes halogenated alkanes) is 1. The van der Waals surface area contributed by atoms with Gasteiger partial charge in [0.1, 0.15) is 0 Å². The number of nitrogens with zero attached hydrogens (tertiary/aromatic N) is 1. The van der Waals surface area contributed by atoms with Gasteiger partial charge in [-0.15, -0.1) is 0 Å². The van der Waals surface area contributed by atoms with E-state index in [2.05, 4.69) is 18.7 Å². The largest absolute Gasteiger partial charge is 0.481 e. The second-order valence-corrected chi connectivity index (χ2v) is 7.51. The van der Waals surface area contributed by atoms with Gasteiger partial charge in [0.05, 0.1) is 5.41 Å². The van der Waals surface area contributed by atoms with Gasteiger partial charge in [-0.3, -0.25) is 4.79 Å². The van der Waals surface area contributed by atoms with Crippen molar-refractivity contribution in [3.8, 4) is 0 Å². The second kappa shape index (κ2) is 6.74. The zero-order valence-corrected chi connectivity index (χ0v) is 13.2. The molecule has 1 aliphatic rings. The van der Waals surface area contributed by atoms with Gasteiger partial charge in [0.15, 0.2) is 0 Å². The van der Waals surface area contributed by atoms with E-state index < -0.39 is 11.4 Å². The number of aliphatic carboxylic acids is 1. The van der Waals surface area contributed by atoms with E-state index in [4.69, 9.17) is 5.11 Å². The minimum Gasteiger partial charge on any atom is -0.481 e. The maximum Gasteiger partial charge on any atom is 0.309 e. The summed E-state index contributed by atoms with van der Waals surface area (Å²) >= 11 is 0. The molecular formula is C16H31NO2. The fourth-order valence-corrected chi connectivity index (χ4v) is 2.71. The van der Waals surface area contributed by atoms with Crippen LogP contribution in [0, 0.1) is 10.8 Å². The van der Waals surface area contributed by atoms with E-state index in [9.17, 15) is 4.79 Å². The van der Waals surface area contributed by atoms with Crippen LogP contribution in [0.3, 0.4) is 0 Å². The maximum atomic E-state index is 11.0. The molecule has 1 aliphatic heterocycles. The molecule has 0 radical (unpaired) electrons. The van der Waals surface area contributed by atoms with Crippen molar-refractivity contribution in [1.82, 2.24) is 4.90 Å². The Morgan fingerprint density at radius 3 is 2.53 bits per heavy atom. The molecule has 1 fully saturated rings. The first-order valence-electron chi connectivity index (χ1n) is 7.69. The fourth-order valence-electron chi connectivity index (χ4n) is 2.71. The van der Waals surface area contributed by atoms with E-state index >= 15 is 0 Å². The number of carboxylic acids is 1. The molecule has 19 heavy (non-hydrogen) atoms. The van der Waals surface area contributed by atoms with Gasteiger partial charge < -0.3 is 10.0 Å². The standard InChI is InChI=1S/C16H31NO2/c1-15(2)8-7-12-17(13-10-15)11-6-5-9-16(3,4)14(18)19/h5-13H2,1-4H3,(H,18,19). The Morgan fingerprint density at radius 2 is 1.89 bits per heavy atom. The Morgan fingerprint density at radius 1 is 1.21 bits per heavy atom. The SMILES string of the molecule is CC1(C)CCCN(CCCCC(C)(C)C(=O)O)CC1. The van der Waals surface area contributed by atoms with Crippen LogP contribution in [-0.2, 0) is 4.79 Å². The molecule has 0 aliphatic carbocycles. The third-order valence-corrected chi connectivity index (χ3v) is 4.54. The van der Waals surface area contributed by atoms with Crippen LogP contribution in [0.4, 0.5) is 0 Å². The third kappa shape index (κ3) is 5.94. The van der Waals surface area contributed by atoms with Gasteiger partial charge in [-0.05, 0) is 71.0 Å². The van der Waals surface area contributed by atoms with Crippen LogP contribution in [0.15, 0.2) is 0 Å². The Balaban J connectivity index is 2.21. The van der Waals surface area contributed by atoms with Gasteiger partial charge in [-0.1, -0.05) is 20.3 Å². The van der Waals surface area contributed by atoms with E-state index in [0.717, 1.165) is 25.8 Å². The average molecular weight is 269 g/mol. The Hall–Kier alpha value is -0.570. The van der Waals surface area contributed by atoms with E-state index in [1.807, 2.05) is 13.8 Å². The van der Waals surface area contributed by atoms with Crippen LogP contribution in [0.2, 0.25) is 0 Å². The molecule has 0 unspecified atom stereocenters. The molecule has 1 heterocycles. The molecule has 0 aromatic heterocycles. The van der Waals surface area contributed by atoms with Crippen LogP contribution in [0.25, 0.3) is 0 Å². The molecule has 0 saturated carbocycles. The van der Waals surface area contributed by atoms with Gasteiger partial charge in [0.2, 0.25) is 0 Å². The topological polar surface area (TPSA) is 40.5 Å². The lowest BCUT2D eigenvalue weighted by Crippen LogP contribution is -2.27. The second-order valence-electron chi connectivity index (χ2n) is 7.51. The number of rotatable bonds is 6. The number of hydrogen-bond donors (Lipinski definition) is 1. The summed E-state index contributed by atoms with van der Waals surface area (Å²) < 4.78 is 0. The number of carbonyl (C=O) groups is 1. The van der Waals surface area contributed by atoms with E-state index in [0.29, 0.717) is 5.41 Å². The lowest BCUT2D eigenvalue weighted by atomic mass is 9.85. The lowest BCUT2D eigenvalue weighted by Gasteiger charge is -2.24. The van der Waals surface area contributed by atoms with Crippen molar-refractivity contribution in [2.75, 3.05) is 19.6 Å². The summed E-state index contributed by atoms with van der Waals surface area (Å²) in [6.07, 6.45) is 6.83. The summed E-state index contributed by atoms with van der Waals surface area (Å²) in [5.41, 5.74) is -0.0686. The summed E-state index contributed by atoms with van der Waals surface area (Å²) in [4.78, 5) is 13.6. The van der Waals surface area contributed by atoms with Crippen molar-refractivity contribution in [3.05, 3.63) is 0 Å². The van der Waals surface area contributed by atoms with Gasteiger partial charge in [0, 0.05) is 0 Å². The van der Waals surface area contributed by atoms with Crippen molar-refractivity contribution in [2.45, 2.75) is 66.2 Å². The highest BCUT2D eigenvalue weighted by Gasteiger charge is 2.26. The van der Waals surface area contributed by atoms with Crippen molar-refractivity contribution < 1.29 is 9.90 Å². The highest BCUT2D eigenvalue weighted by atomic mass is 16.4. The molecule has 1 saturated heterocycles. The Labute approximate surface area is 118 Å². The van der Waals surface area contributed by atoms with Crippen LogP contribution >= 0.6 is 0 Å². The molecular weight excluding hydrogens is 238 g/mol. The minimum atomic E-state index is -0.677. The normalized spacial score (nSPS) is 21.1. The fraction of sp³-hybridized carbons (Fsp3) is 0.938.